The standard InChI is InChI=1S/C11H14ClN5/c1-13-7-10(11-14-15-16-17(11)2)8-4-3-5-9(12)6-8/h3-6,10,13H,7H2,1-2H3. The Balaban J connectivity index is 2.39. The van der Waals surface area contributed by atoms with Gasteiger partial charge in [0.25, 0.3) is 0 Å². The van der Waals surface area contributed by atoms with Crippen LogP contribution in [0.2, 0.25) is 5.02 Å². The highest BCUT2D eigenvalue weighted by Gasteiger charge is 2.19. The molecule has 0 aliphatic heterocycles. The summed E-state index contributed by atoms with van der Waals surface area (Å²) in [6.07, 6.45) is 0. The van der Waals surface area contributed by atoms with E-state index in [1.807, 2.05) is 38.4 Å². The Morgan fingerprint density at radius 3 is 2.88 bits per heavy atom. The Morgan fingerprint density at radius 2 is 2.29 bits per heavy atom. The first kappa shape index (κ1) is 12.0. The SMILES string of the molecule is CNCC(c1cccc(Cl)c1)c1nnnn1C. The Bertz CT molecular complexity index is 496. The molecule has 0 fully saturated rings. The van der Waals surface area contributed by atoms with Gasteiger partial charge in [-0.2, -0.15) is 0 Å². The zero-order valence-electron chi connectivity index (χ0n) is 9.76. The highest BCUT2D eigenvalue weighted by Crippen LogP contribution is 2.23. The number of tetrazole rings is 1. The van der Waals surface area contributed by atoms with Gasteiger partial charge in [0.1, 0.15) is 0 Å². The Labute approximate surface area is 105 Å². The monoisotopic (exact) mass is 251 g/mol. The molecule has 2 aromatic rings. The van der Waals surface area contributed by atoms with Crippen molar-refractivity contribution in [1.29, 1.82) is 0 Å². The van der Waals surface area contributed by atoms with Gasteiger partial charge in [0.05, 0.1) is 5.92 Å². The highest BCUT2D eigenvalue weighted by atomic mass is 35.5. The summed E-state index contributed by atoms with van der Waals surface area (Å²) >= 11 is 6.01. The van der Waals surface area contributed by atoms with Crippen molar-refractivity contribution in [3.8, 4) is 0 Å². The lowest BCUT2D eigenvalue weighted by atomic mass is 9.98. The van der Waals surface area contributed by atoms with Crippen LogP contribution in [0.4, 0.5) is 0 Å². The summed E-state index contributed by atoms with van der Waals surface area (Å²) in [5, 5.41) is 15.5. The average Bonchev–Trinajstić information content (AvgIpc) is 2.72. The van der Waals surface area contributed by atoms with Crippen molar-refractivity contribution in [3.63, 3.8) is 0 Å². The van der Waals surface area contributed by atoms with Crippen LogP contribution in [0.1, 0.15) is 17.3 Å². The van der Waals surface area contributed by atoms with Crippen molar-refractivity contribution >= 4 is 11.6 Å². The average molecular weight is 252 g/mol. The third-order valence-electron chi connectivity index (χ3n) is 2.62. The first-order valence-corrected chi connectivity index (χ1v) is 5.72. The maximum atomic E-state index is 6.01. The molecular weight excluding hydrogens is 238 g/mol. The fourth-order valence-electron chi connectivity index (χ4n) is 1.82. The number of nitrogens with zero attached hydrogens (tertiary/aromatic N) is 4. The van der Waals surface area contributed by atoms with Crippen molar-refractivity contribution < 1.29 is 0 Å². The minimum atomic E-state index is 0.0960. The number of aryl methyl sites for hydroxylation is 1. The van der Waals surface area contributed by atoms with Crippen molar-refractivity contribution in [3.05, 3.63) is 40.7 Å². The van der Waals surface area contributed by atoms with Crippen LogP contribution >= 0.6 is 11.6 Å². The van der Waals surface area contributed by atoms with E-state index >= 15 is 0 Å². The summed E-state index contributed by atoms with van der Waals surface area (Å²) in [6.45, 7) is 0.758. The maximum absolute atomic E-state index is 6.01. The number of hydrogen-bond donors (Lipinski definition) is 1. The zero-order valence-corrected chi connectivity index (χ0v) is 10.5. The zero-order chi connectivity index (χ0) is 12.3. The van der Waals surface area contributed by atoms with E-state index in [-0.39, 0.29) is 5.92 Å². The van der Waals surface area contributed by atoms with Crippen LogP contribution in [-0.2, 0) is 7.05 Å². The van der Waals surface area contributed by atoms with Gasteiger partial charge < -0.3 is 5.32 Å². The lowest BCUT2D eigenvalue weighted by Crippen LogP contribution is -2.21. The van der Waals surface area contributed by atoms with Crippen LogP contribution in [0.3, 0.4) is 0 Å². The molecule has 5 nitrogen and oxygen atoms in total. The molecule has 1 atom stereocenters. The molecule has 2 rings (SSSR count). The number of aromatic nitrogens is 4. The normalized spacial score (nSPS) is 12.6. The van der Waals surface area contributed by atoms with E-state index in [9.17, 15) is 0 Å². The van der Waals surface area contributed by atoms with Gasteiger partial charge in [0.15, 0.2) is 5.82 Å². The van der Waals surface area contributed by atoms with Crippen LogP contribution in [-0.4, -0.2) is 33.8 Å². The van der Waals surface area contributed by atoms with E-state index in [0.717, 1.165) is 23.0 Å². The minimum absolute atomic E-state index is 0.0960. The van der Waals surface area contributed by atoms with Gasteiger partial charge in [0, 0.05) is 18.6 Å². The predicted molar refractivity (Wildman–Crippen MR) is 66.0 cm³/mol. The second-order valence-electron chi connectivity index (χ2n) is 3.83. The number of nitrogens with one attached hydrogen (secondary N) is 1. The van der Waals surface area contributed by atoms with Crippen molar-refractivity contribution in [2.45, 2.75) is 5.92 Å². The van der Waals surface area contributed by atoms with E-state index in [1.54, 1.807) is 4.68 Å². The van der Waals surface area contributed by atoms with Gasteiger partial charge in [-0.15, -0.1) is 5.10 Å². The van der Waals surface area contributed by atoms with Crippen LogP contribution in [0.5, 0.6) is 0 Å². The molecule has 90 valence electrons. The third-order valence-corrected chi connectivity index (χ3v) is 2.86. The summed E-state index contributed by atoms with van der Waals surface area (Å²) in [7, 11) is 3.74. The van der Waals surface area contributed by atoms with Gasteiger partial charge in [-0.25, -0.2) is 4.68 Å². The molecule has 0 aliphatic carbocycles. The topological polar surface area (TPSA) is 55.6 Å². The van der Waals surface area contributed by atoms with Crippen LogP contribution in [0.15, 0.2) is 24.3 Å². The van der Waals surface area contributed by atoms with Gasteiger partial charge in [-0.1, -0.05) is 23.7 Å². The molecule has 0 saturated heterocycles. The first-order valence-electron chi connectivity index (χ1n) is 5.34. The summed E-state index contributed by atoms with van der Waals surface area (Å²) in [5.74, 6) is 0.917. The van der Waals surface area contributed by atoms with E-state index in [0.29, 0.717) is 0 Å². The summed E-state index contributed by atoms with van der Waals surface area (Å²) < 4.78 is 1.68. The summed E-state index contributed by atoms with van der Waals surface area (Å²) in [5.41, 5.74) is 1.10. The van der Waals surface area contributed by atoms with Crippen molar-refractivity contribution in [2.24, 2.45) is 7.05 Å². The number of rotatable bonds is 4. The molecular formula is C11H14ClN5. The van der Waals surface area contributed by atoms with Crippen LogP contribution in [0, 0.1) is 0 Å². The molecule has 0 bridgehead atoms. The number of benzene rings is 1. The first-order chi connectivity index (χ1) is 8.22. The van der Waals surface area contributed by atoms with Crippen molar-refractivity contribution in [1.82, 2.24) is 25.5 Å². The maximum Gasteiger partial charge on any atom is 0.159 e. The molecule has 17 heavy (non-hydrogen) atoms. The molecule has 0 amide bonds. The third kappa shape index (κ3) is 2.62. The number of halogens is 1. The highest BCUT2D eigenvalue weighted by molar-refractivity contribution is 6.30. The minimum Gasteiger partial charge on any atom is -0.319 e. The fourth-order valence-corrected chi connectivity index (χ4v) is 2.02. The number of likely N-dealkylation sites (N-methyl/N-ethyl adjacent to an activating group) is 1. The summed E-state index contributed by atoms with van der Waals surface area (Å²) in [6, 6.07) is 7.77. The molecule has 1 aromatic heterocycles. The van der Waals surface area contributed by atoms with Gasteiger partial charge in [-0.3, -0.25) is 0 Å². The molecule has 0 saturated carbocycles. The second-order valence-corrected chi connectivity index (χ2v) is 4.26. The predicted octanol–water partition coefficient (Wildman–Crippen LogP) is 1.21. The second kappa shape index (κ2) is 5.25. The summed E-state index contributed by atoms with van der Waals surface area (Å²) in [4.78, 5) is 0. The quantitative estimate of drug-likeness (QED) is 0.888. The van der Waals surface area contributed by atoms with Crippen LogP contribution in [0.25, 0.3) is 0 Å². The molecule has 0 radical (unpaired) electrons. The van der Waals surface area contributed by atoms with Gasteiger partial charge in [-0.05, 0) is 35.2 Å². The molecule has 1 heterocycles. The largest absolute Gasteiger partial charge is 0.319 e. The molecule has 1 N–H and O–H groups in total. The van der Waals surface area contributed by atoms with E-state index in [4.69, 9.17) is 11.6 Å². The molecule has 1 aromatic carbocycles. The van der Waals surface area contributed by atoms with E-state index < -0.39 is 0 Å². The Morgan fingerprint density at radius 1 is 1.47 bits per heavy atom. The molecule has 1 unspecified atom stereocenters. The lowest BCUT2D eigenvalue weighted by molar-refractivity contribution is 0.611. The van der Waals surface area contributed by atoms with E-state index in [2.05, 4.69) is 20.8 Å². The molecule has 6 heteroatoms. The van der Waals surface area contributed by atoms with E-state index in [1.165, 1.54) is 0 Å². The molecule has 0 aliphatic rings. The van der Waals surface area contributed by atoms with Crippen molar-refractivity contribution in [2.75, 3.05) is 13.6 Å². The fraction of sp³-hybridized carbons (Fsp3) is 0.364. The smallest absolute Gasteiger partial charge is 0.159 e. The number of hydrogen-bond acceptors (Lipinski definition) is 4. The van der Waals surface area contributed by atoms with Gasteiger partial charge >= 0.3 is 0 Å². The van der Waals surface area contributed by atoms with Gasteiger partial charge in [0.2, 0.25) is 0 Å². The Hall–Kier alpha value is -1.46. The lowest BCUT2D eigenvalue weighted by Gasteiger charge is -2.15. The molecule has 0 spiro atoms. The Kier molecular flexibility index (Phi) is 3.71. The van der Waals surface area contributed by atoms with Crippen LogP contribution < -0.4 is 5.32 Å².